The van der Waals surface area contributed by atoms with E-state index in [-0.39, 0.29) is 36.0 Å². The predicted molar refractivity (Wildman–Crippen MR) is 116 cm³/mol. The molecule has 0 radical (unpaired) electrons. The van der Waals surface area contributed by atoms with Crippen LogP contribution in [-0.4, -0.2) is 83.8 Å². The lowest BCUT2D eigenvalue weighted by Crippen LogP contribution is -2.40. The van der Waals surface area contributed by atoms with Crippen LogP contribution in [-0.2, 0) is 31.3 Å². The third-order valence-electron chi connectivity index (χ3n) is 4.99. The second kappa shape index (κ2) is 9.80. The highest BCUT2D eigenvalue weighted by Gasteiger charge is 2.29. The van der Waals surface area contributed by atoms with Gasteiger partial charge in [0.1, 0.15) is 11.5 Å². The molecule has 0 bridgehead atoms. The maximum absolute atomic E-state index is 13.3. The van der Waals surface area contributed by atoms with Gasteiger partial charge in [-0.1, -0.05) is 0 Å². The monoisotopic (exact) mass is 471 g/mol. The van der Waals surface area contributed by atoms with Gasteiger partial charge in [-0.25, -0.2) is 16.8 Å². The molecule has 0 N–H and O–H groups in total. The minimum Gasteiger partial charge on any atom is -0.465 e. The minimum absolute atomic E-state index is 0.0375. The first kappa shape index (κ1) is 23.9. The lowest BCUT2D eigenvalue weighted by molar-refractivity contribution is 0.0730. The molecular weight excluding hydrogens is 442 g/mol. The van der Waals surface area contributed by atoms with Gasteiger partial charge in [-0.2, -0.15) is 8.61 Å². The molecule has 3 rings (SSSR count). The van der Waals surface area contributed by atoms with E-state index in [1.165, 1.54) is 32.9 Å². The lowest BCUT2D eigenvalue weighted by atomic mass is 10.4. The van der Waals surface area contributed by atoms with Crippen LogP contribution in [0.3, 0.4) is 0 Å². The number of aryl methyl sites for hydroxylation is 1. The fourth-order valence-electron chi connectivity index (χ4n) is 3.21. The van der Waals surface area contributed by atoms with Crippen molar-refractivity contribution in [3.05, 3.63) is 47.9 Å². The number of likely N-dealkylation sites (N-methyl/N-ethyl adjacent to an activating group) is 1. The number of morpholine rings is 1. The molecule has 11 heteroatoms. The second-order valence-corrected chi connectivity index (χ2v) is 11.5. The Balaban J connectivity index is 1.85. The van der Waals surface area contributed by atoms with Crippen molar-refractivity contribution >= 4 is 20.0 Å². The van der Waals surface area contributed by atoms with Crippen LogP contribution in [0.5, 0.6) is 0 Å². The Labute approximate surface area is 184 Å². The first-order valence-electron chi connectivity index (χ1n) is 9.99. The van der Waals surface area contributed by atoms with Gasteiger partial charge in [-0.15, -0.1) is 0 Å². The third-order valence-corrected chi connectivity index (χ3v) is 8.77. The molecule has 0 saturated carbocycles. The Kier molecular flexibility index (Phi) is 7.55. The highest BCUT2D eigenvalue weighted by Crippen LogP contribution is 2.23. The number of rotatable bonds is 9. The van der Waals surface area contributed by atoms with Gasteiger partial charge in [0.15, 0.2) is 0 Å². The Bertz CT molecular complexity index is 1070. The molecule has 1 aliphatic heterocycles. The fourth-order valence-corrected chi connectivity index (χ4v) is 6.01. The molecule has 1 aliphatic rings. The van der Waals surface area contributed by atoms with E-state index in [0.717, 1.165) is 0 Å². The SMILES string of the molecule is Cc1ccc(CN(CCN(C)C)S(=O)(=O)c2ccc(S(=O)(=O)N3CCOCC3)cc2)o1. The average Bonchev–Trinajstić information content (AvgIpc) is 3.16. The van der Waals surface area contributed by atoms with E-state index in [4.69, 9.17) is 9.15 Å². The summed E-state index contributed by atoms with van der Waals surface area (Å²) in [5, 5.41) is 0. The number of hydrogen-bond donors (Lipinski definition) is 0. The maximum Gasteiger partial charge on any atom is 0.243 e. The minimum atomic E-state index is -3.85. The molecule has 0 spiro atoms. The lowest BCUT2D eigenvalue weighted by Gasteiger charge is -2.26. The van der Waals surface area contributed by atoms with Crippen molar-refractivity contribution in [3.63, 3.8) is 0 Å². The predicted octanol–water partition coefficient (Wildman–Crippen LogP) is 1.36. The molecule has 0 aliphatic carbocycles. The van der Waals surface area contributed by atoms with E-state index in [9.17, 15) is 16.8 Å². The van der Waals surface area contributed by atoms with Gasteiger partial charge in [0.25, 0.3) is 0 Å². The summed E-state index contributed by atoms with van der Waals surface area (Å²) in [6.07, 6.45) is 0. The summed E-state index contributed by atoms with van der Waals surface area (Å²) in [4.78, 5) is 2.00. The molecule has 172 valence electrons. The summed E-state index contributed by atoms with van der Waals surface area (Å²) in [6.45, 7) is 3.95. The van der Waals surface area contributed by atoms with E-state index in [1.807, 2.05) is 19.0 Å². The van der Waals surface area contributed by atoms with Crippen molar-refractivity contribution in [3.8, 4) is 0 Å². The van der Waals surface area contributed by atoms with Crippen LogP contribution in [0, 0.1) is 6.92 Å². The van der Waals surface area contributed by atoms with Gasteiger partial charge in [0.05, 0.1) is 29.5 Å². The van der Waals surface area contributed by atoms with Gasteiger partial charge >= 0.3 is 0 Å². The quantitative estimate of drug-likeness (QED) is 0.544. The molecule has 2 heterocycles. The van der Waals surface area contributed by atoms with Crippen LogP contribution in [0.4, 0.5) is 0 Å². The van der Waals surface area contributed by atoms with Gasteiger partial charge in [-0.3, -0.25) is 0 Å². The largest absolute Gasteiger partial charge is 0.465 e. The Morgan fingerprint density at radius 1 is 0.903 bits per heavy atom. The van der Waals surface area contributed by atoms with Crippen molar-refractivity contribution in [2.75, 3.05) is 53.5 Å². The Morgan fingerprint density at radius 2 is 1.52 bits per heavy atom. The summed E-state index contributed by atoms with van der Waals surface area (Å²) in [5.41, 5.74) is 0. The van der Waals surface area contributed by atoms with Gasteiger partial charge in [-0.05, 0) is 57.4 Å². The van der Waals surface area contributed by atoms with Crippen LogP contribution in [0.15, 0.2) is 50.6 Å². The standard InChI is InChI=1S/C20H29N3O6S2/c1-17-4-5-18(29-17)16-23(11-10-21(2)3)31(26,27)20-8-6-19(7-9-20)30(24,25)22-12-14-28-15-13-22/h4-9H,10-16H2,1-3H3. The topological polar surface area (TPSA) is 100 Å². The smallest absolute Gasteiger partial charge is 0.243 e. The maximum atomic E-state index is 13.3. The Hall–Kier alpha value is -1.76. The molecule has 31 heavy (non-hydrogen) atoms. The zero-order valence-electron chi connectivity index (χ0n) is 18.0. The summed E-state index contributed by atoms with van der Waals surface area (Å²) in [5.74, 6) is 1.25. The molecular formula is C20H29N3O6S2. The molecule has 1 saturated heterocycles. The van der Waals surface area contributed by atoms with Crippen molar-refractivity contribution < 1.29 is 26.0 Å². The highest BCUT2D eigenvalue weighted by molar-refractivity contribution is 7.89. The Morgan fingerprint density at radius 3 is 2.06 bits per heavy atom. The number of nitrogens with zero attached hydrogens (tertiary/aromatic N) is 3. The zero-order valence-corrected chi connectivity index (χ0v) is 19.7. The summed E-state index contributed by atoms with van der Waals surface area (Å²) < 4.78 is 65.7. The van der Waals surface area contributed by atoms with Crippen molar-refractivity contribution in [1.29, 1.82) is 0 Å². The molecule has 1 aromatic heterocycles. The number of hydrogen-bond acceptors (Lipinski definition) is 7. The molecule has 0 amide bonds. The summed E-state index contributed by atoms with van der Waals surface area (Å²) in [6, 6.07) is 8.93. The van der Waals surface area contributed by atoms with E-state index in [2.05, 4.69) is 0 Å². The number of sulfonamides is 2. The zero-order chi connectivity index (χ0) is 22.6. The third kappa shape index (κ3) is 5.73. The van der Waals surface area contributed by atoms with Crippen molar-refractivity contribution in [2.45, 2.75) is 23.3 Å². The molecule has 1 aromatic carbocycles. The molecule has 0 unspecified atom stereocenters. The number of benzene rings is 1. The van der Waals surface area contributed by atoms with Gasteiger partial charge < -0.3 is 14.1 Å². The molecule has 9 nitrogen and oxygen atoms in total. The van der Waals surface area contributed by atoms with Crippen molar-refractivity contribution in [1.82, 2.24) is 13.5 Å². The fraction of sp³-hybridized carbons (Fsp3) is 0.500. The van der Waals surface area contributed by atoms with Crippen LogP contribution >= 0.6 is 0 Å². The molecule has 1 fully saturated rings. The van der Waals surface area contributed by atoms with Crippen LogP contribution in [0.2, 0.25) is 0 Å². The van der Waals surface area contributed by atoms with Gasteiger partial charge in [0, 0.05) is 26.2 Å². The molecule has 2 aromatic rings. The summed E-state index contributed by atoms with van der Waals surface area (Å²) in [7, 11) is -3.81. The van der Waals surface area contributed by atoms with E-state index >= 15 is 0 Å². The number of ether oxygens (including phenoxy) is 1. The van der Waals surface area contributed by atoms with Gasteiger partial charge in [0.2, 0.25) is 20.0 Å². The van der Waals surface area contributed by atoms with E-state index in [0.29, 0.717) is 31.3 Å². The van der Waals surface area contributed by atoms with Crippen LogP contribution in [0.1, 0.15) is 11.5 Å². The van der Waals surface area contributed by atoms with Crippen LogP contribution in [0.25, 0.3) is 0 Å². The van der Waals surface area contributed by atoms with Crippen molar-refractivity contribution in [2.24, 2.45) is 0 Å². The first-order chi connectivity index (χ1) is 14.6. The number of furan rings is 1. The highest BCUT2D eigenvalue weighted by atomic mass is 32.2. The van der Waals surface area contributed by atoms with E-state index in [1.54, 1.807) is 19.1 Å². The second-order valence-electron chi connectivity index (χ2n) is 7.64. The first-order valence-corrected chi connectivity index (χ1v) is 12.9. The van der Waals surface area contributed by atoms with E-state index < -0.39 is 20.0 Å². The average molecular weight is 472 g/mol. The molecule has 0 atom stereocenters. The van der Waals surface area contributed by atoms with Crippen LogP contribution < -0.4 is 0 Å². The summed E-state index contributed by atoms with van der Waals surface area (Å²) >= 11 is 0. The normalized spacial score (nSPS) is 16.3.